The van der Waals surface area contributed by atoms with Gasteiger partial charge in [0, 0.05) is 12.8 Å². The zero-order valence-electron chi connectivity index (χ0n) is 14.3. The SMILES string of the molecule is CCCCCC(=O)OC[C@@H]1OC[C@@H](O)[C@H]1OC(=O)CCCCC. The molecule has 1 fully saturated rings. The molecule has 0 spiro atoms. The molecule has 0 amide bonds. The van der Waals surface area contributed by atoms with E-state index in [9.17, 15) is 14.7 Å². The molecule has 3 atom stereocenters. The van der Waals surface area contributed by atoms with Gasteiger partial charge in [-0.2, -0.15) is 0 Å². The molecule has 0 aromatic heterocycles. The van der Waals surface area contributed by atoms with Crippen LogP contribution in [0.15, 0.2) is 0 Å². The van der Waals surface area contributed by atoms with E-state index in [0.29, 0.717) is 12.8 Å². The lowest BCUT2D eigenvalue weighted by atomic mass is 10.1. The Morgan fingerprint density at radius 1 is 1.04 bits per heavy atom. The molecule has 1 aliphatic rings. The van der Waals surface area contributed by atoms with Gasteiger partial charge in [-0.15, -0.1) is 0 Å². The third-order valence-electron chi connectivity index (χ3n) is 3.87. The van der Waals surface area contributed by atoms with E-state index >= 15 is 0 Å². The lowest BCUT2D eigenvalue weighted by Crippen LogP contribution is -2.38. The van der Waals surface area contributed by atoms with Crippen molar-refractivity contribution in [1.29, 1.82) is 0 Å². The molecule has 0 radical (unpaired) electrons. The van der Waals surface area contributed by atoms with Gasteiger partial charge in [-0.05, 0) is 12.8 Å². The zero-order chi connectivity index (χ0) is 17.1. The van der Waals surface area contributed by atoms with Crippen molar-refractivity contribution in [3.05, 3.63) is 0 Å². The van der Waals surface area contributed by atoms with Gasteiger partial charge >= 0.3 is 11.9 Å². The van der Waals surface area contributed by atoms with Gasteiger partial charge in [0.05, 0.1) is 6.61 Å². The molecule has 0 aliphatic carbocycles. The van der Waals surface area contributed by atoms with Crippen molar-refractivity contribution in [3.63, 3.8) is 0 Å². The number of ether oxygens (including phenoxy) is 3. The van der Waals surface area contributed by atoms with Crippen LogP contribution in [-0.2, 0) is 23.8 Å². The lowest BCUT2D eigenvalue weighted by Gasteiger charge is -2.20. The summed E-state index contributed by atoms with van der Waals surface area (Å²) in [5.41, 5.74) is 0. The fourth-order valence-corrected chi connectivity index (χ4v) is 2.45. The molecule has 1 heterocycles. The molecule has 1 saturated heterocycles. The number of esters is 2. The first-order valence-electron chi connectivity index (χ1n) is 8.73. The van der Waals surface area contributed by atoms with Crippen LogP contribution in [0.3, 0.4) is 0 Å². The first kappa shape index (κ1) is 19.9. The standard InChI is InChI=1S/C17H30O6/c1-3-5-7-9-15(19)22-12-14-17(13(18)11-21-14)23-16(20)10-8-6-4-2/h13-14,17-18H,3-12H2,1-2H3/t13-,14+,17-/m1/s1. The molecule has 134 valence electrons. The van der Waals surface area contributed by atoms with Crippen LogP contribution in [-0.4, -0.2) is 48.6 Å². The number of hydrogen-bond acceptors (Lipinski definition) is 6. The van der Waals surface area contributed by atoms with E-state index in [1.165, 1.54) is 0 Å². The maximum Gasteiger partial charge on any atom is 0.306 e. The minimum absolute atomic E-state index is 0.00885. The van der Waals surface area contributed by atoms with Crippen LogP contribution in [0.5, 0.6) is 0 Å². The van der Waals surface area contributed by atoms with E-state index in [-0.39, 0.29) is 25.2 Å². The Kier molecular flexibility index (Phi) is 9.87. The number of hydrogen-bond donors (Lipinski definition) is 1. The molecule has 0 saturated carbocycles. The van der Waals surface area contributed by atoms with Crippen molar-refractivity contribution in [2.75, 3.05) is 13.2 Å². The summed E-state index contributed by atoms with van der Waals surface area (Å²) in [6.07, 6.45) is 4.11. The fraction of sp³-hybridized carbons (Fsp3) is 0.882. The van der Waals surface area contributed by atoms with E-state index < -0.39 is 18.3 Å². The highest BCUT2D eigenvalue weighted by Gasteiger charge is 2.39. The minimum Gasteiger partial charge on any atom is -0.463 e. The Hall–Kier alpha value is -1.14. The smallest absolute Gasteiger partial charge is 0.306 e. The van der Waals surface area contributed by atoms with Gasteiger partial charge in [0.2, 0.25) is 0 Å². The van der Waals surface area contributed by atoms with E-state index in [1.807, 2.05) is 0 Å². The van der Waals surface area contributed by atoms with Crippen LogP contribution in [0.4, 0.5) is 0 Å². The molecular weight excluding hydrogens is 300 g/mol. The predicted molar refractivity (Wildman–Crippen MR) is 84.9 cm³/mol. The second-order valence-corrected chi connectivity index (χ2v) is 5.99. The maximum absolute atomic E-state index is 11.8. The number of carbonyl (C=O) groups is 2. The Bertz CT molecular complexity index is 357. The summed E-state index contributed by atoms with van der Waals surface area (Å²) in [5, 5.41) is 9.88. The second kappa shape index (κ2) is 11.4. The largest absolute Gasteiger partial charge is 0.463 e. The summed E-state index contributed by atoms with van der Waals surface area (Å²) in [6, 6.07) is 0. The lowest BCUT2D eigenvalue weighted by molar-refractivity contribution is -0.160. The highest BCUT2D eigenvalue weighted by atomic mass is 16.6. The Morgan fingerprint density at radius 3 is 2.26 bits per heavy atom. The van der Waals surface area contributed by atoms with Gasteiger partial charge in [0.15, 0.2) is 6.10 Å². The number of carbonyl (C=O) groups excluding carboxylic acids is 2. The topological polar surface area (TPSA) is 82.1 Å². The molecule has 6 nitrogen and oxygen atoms in total. The number of rotatable bonds is 11. The molecule has 1 rings (SSSR count). The van der Waals surface area contributed by atoms with Crippen molar-refractivity contribution < 1.29 is 28.9 Å². The van der Waals surface area contributed by atoms with E-state index in [2.05, 4.69) is 13.8 Å². The highest BCUT2D eigenvalue weighted by Crippen LogP contribution is 2.20. The van der Waals surface area contributed by atoms with Crippen molar-refractivity contribution in [2.45, 2.75) is 83.5 Å². The molecule has 0 aromatic carbocycles. The van der Waals surface area contributed by atoms with Gasteiger partial charge in [0.1, 0.15) is 18.8 Å². The van der Waals surface area contributed by atoms with Crippen molar-refractivity contribution >= 4 is 11.9 Å². The molecule has 1 aliphatic heterocycles. The summed E-state index contributed by atoms with van der Waals surface area (Å²) in [7, 11) is 0. The van der Waals surface area contributed by atoms with E-state index in [1.54, 1.807) is 0 Å². The molecule has 0 aromatic rings. The average Bonchev–Trinajstić information content (AvgIpc) is 2.86. The quantitative estimate of drug-likeness (QED) is 0.462. The van der Waals surface area contributed by atoms with Gasteiger partial charge in [0.25, 0.3) is 0 Å². The Balaban J connectivity index is 2.33. The molecule has 1 N–H and O–H groups in total. The third-order valence-corrected chi connectivity index (χ3v) is 3.87. The fourth-order valence-electron chi connectivity index (χ4n) is 2.45. The highest BCUT2D eigenvalue weighted by molar-refractivity contribution is 5.70. The first-order chi connectivity index (χ1) is 11.1. The number of unbranched alkanes of at least 4 members (excludes halogenated alkanes) is 4. The summed E-state index contributed by atoms with van der Waals surface area (Å²) in [6.45, 7) is 4.23. The predicted octanol–water partition coefficient (Wildman–Crippen LogP) is 2.36. The van der Waals surface area contributed by atoms with Crippen LogP contribution in [0.1, 0.15) is 65.2 Å². The summed E-state index contributed by atoms with van der Waals surface area (Å²) in [4.78, 5) is 23.4. The summed E-state index contributed by atoms with van der Waals surface area (Å²) in [5.74, 6) is -0.622. The molecule has 23 heavy (non-hydrogen) atoms. The normalized spacial score (nSPS) is 23.7. The van der Waals surface area contributed by atoms with Crippen LogP contribution in [0, 0.1) is 0 Å². The van der Waals surface area contributed by atoms with Gasteiger partial charge in [-0.25, -0.2) is 0 Å². The summed E-state index contributed by atoms with van der Waals surface area (Å²) < 4.78 is 15.8. The Labute approximate surface area is 138 Å². The molecule has 0 unspecified atom stereocenters. The van der Waals surface area contributed by atoms with Crippen LogP contribution in [0.25, 0.3) is 0 Å². The molecular formula is C17H30O6. The van der Waals surface area contributed by atoms with Crippen LogP contribution in [0.2, 0.25) is 0 Å². The molecule has 6 heteroatoms. The van der Waals surface area contributed by atoms with Gasteiger partial charge < -0.3 is 19.3 Å². The van der Waals surface area contributed by atoms with Crippen LogP contribution < -0.4 is 0 Å². The summed E-state index contributed by atoms with van der Waals surface area (Å²) >= 11 is 0. The molecule has 0 bridgehead atoms. The number of aliphatic hydroxyl groups excluding tert-OH is 1. The Morgan fingerprint density at radius 2 is 1.65 bits per heavy atom. The van der Waals surface area contributed by atoms with Crippen LogP contribution >= 0.6 is 0 Å². The third kappa shape index (κ3) is 7.79. The van der Waals surface area contributed by atoms with Gasteiger partial charge in [-0.1, -0.05) is 39.5 Å². The average molecular weight is 330 g/mol. The van der Waals surface area contributed by atoms with E-state index in [0.717, 1.165) is 38.5 Å². The van der Waals surface area contributed by atoms with Crippen molar-refractivity contribution in [3.8, 4) is 0 Å². The monoisotopic (exact) mass is 330 g/mol. The first-order valence-corrected chi connectivity index (χ1v) is 8.73. The second-order valence-electron chi connectivity index (χ2n) is 5.99. The van der Waals surface area contributed by atoms with Crippen molar-refractivity contribution in [2.24, 2.45) is 0 Å². The number of aliphatic hydroxyl groups is 1. The maximum atomic E-state index is 11.8. The van der Waals surface area contributed by atoms with Gasteiger partial charge in [-0.3, -0.25) is 9.59 Å². The van der Waals surface area contributed by atoms with E-state index in [4.69, 9.17) is 14.2 Å². The van der Waals surface area contributed by atoms with Crippen molar-refractivity contribution in [1.82, 2.24) is 0 Å². The minimum atomic E-state index is -0.867. The zero-order valence-corrected chi connectivity index (χ0v) is 14.3.